The number of hydrogen-bond acceptors (Lipinski definition) is 2. The van der Waals surface area contributed by atoms with Crippen LogP contribution in [0.25, 0.3) is 0 Å². The molecule has 1 aliphatic rings. The summed E-state index contributed by atoms with van der Waals surface area (Å²) < 4.78 is 0.947. The molecule has 1 saturated carbocycles. The molecule has 23 heavy (non-hydrogen) atoms. The Hall–Kier alpha value is -1.36. The normalized spacial score (nSPS) is 20.8. The van der Waals surface area contributed by atoms with Crippen LogP contribution in [0.3, 0.4) is 0 Å². The Labute approximate surface area is 146 Å². The lowest BCUT2D eigenvalue weighted by Crippen LogP contribution is -2.35. The first-order valence-corrected chi connectivity index (χ1v) is 9.23. The number of benzene rings is 1. The first kappa shape index (κ1) is 18.0. The second kappa shape index (κ2) is 9.06. The molecule has 0 radical (unpaired) electrons. The molecule has 2 N–H and O–H groups in total. The molecule has 1 aliphatic carbocycles. The average Bonchev–Trinajstić information content (AvgIpc) is 2.55. The second-order valence-corrected chi connectivity index (χ2v) is 7.11. The van der Waals surface area contributed by atoms with E-state index in [9.17, 15) is 9.59 Å². The Kier molecular flexibility index (Phi) is 7.09. The number of rotatable bonds is 6. The number of hydrogen-bond donors (Lipinski definition) is 2. The SMILES string of the molecule is CCCCNC(=O)C1CCC(C(=O)Nc2cccc(Br)c2)CC1. The van der Waals surface area contributed by atoms with Crippen LogP contribution in [0.1, 0.15) is 45.4 Å². The Morgan fingerprint density at radius 1 is 1.13 bits per heavy atom. The van der Waals surface area contributed by atoms with Gasteiger partial charge in [0.2, 0.25) is 11.8 Å². The Balaban J connectivity index is 1.77. The van der Waals surface area contributed by atoms with E-state index in [1.165, 1.54) is 0 Å². The summed E-state index contributed by atoms with van der Waals surface area (Å²) in [7, 11) is 0. The van der Waals surface area contributed by atoms with E-state index < -0.39 is 0 Å². The summed E-state index contributed by atoms with van der Waals surface area (Å²) in [4.78, 5) is 24.4. The van der Waals surface area contributed by atoms with Gasteiger partial charge in [-0.15, -0.1) is 0 Å². The molecule has 126 valence electrons. The van der Waals surface area contributed by atoms with Crippen LogP contribution in [0.15, 0.2) is 28.7 Å². The van der Waals surface area contributed by atoms with Gasteiger partial charge in [-0.3, -0.25) is 9.59 Å². The zero-order chi connectivity index (χ0) is 16.7. The Morgan fingerprint density at radius 2 is 1.78 bits per heavy atom. The second-order valence-electron chi connectivity index (χ2n) is 6.19. The lowest BCUT2D eigenvalue weighted by Gasteiger charge is -2.27. The number of carbonyl (C=O) groups excluding carboxylic acids is 2. The van der Waals surface area contributed by atoms with Gasteiger partial charge in [-0.1, -0.05) is 35.3 Å². The zero-order valence-corrected chi connectivity index (χ0v) is 15.2. The highest BCUT2D eigenvalue weighted by atomic mass is 79.9. The number of halogens is 1. The highest BCUT2D eigenvalue weighted by molar-refractivity contribution is 9.10. The predicted octanol–water partition coefficient (Wildman–Crippen LogP) is 4.11. The van der Waals surface area contributed by atoms with Crippen molar-refractivity contribution in [3.8, 4) is 0 Å². The van der Waals surface area contributed by atoms with Crippen molar-refractivity contribution in [2.24, 2.45) is 11.8 Å². The van der Waals surface area contributed by atoms with Crippen LogP contribution in [-0.4, -0.2) is 18.4 Å². The molecule has 0 spiro atoms. The van der Waals surface area contributed by atoms with E-state index in [1.54, 1.807) is 0 Å². The van der Waals surface area contributed by atoms with E-state index in [-0.39, 0.29) is 23.7 Å². The largest absolute Gasteiger partial charge is 0.356 e. The van der Waals surface area contributed by atoms with Crippen molar-refractivity contribution >= 4 is 33.4 Å². The van der Waals surface area contributed by atoms with E-state index in [0.717, 1.165) is 55.2 Å². The molecule has 0 atom stereocenters. The van der Waals surface area contributed by atoms with Crippen LogP contribution in [0.4, 0.5) is 5.69 Å². The number of nitrogens with one attached hydrogen (secondary N) is 2. The highest BCUT2D eigenvalue weighted by Crippen LogP contribution is 2.30. The highest BCUT2D eigenvalue weighted by Gasteiger charge is 2.29. The molecule has 4 nitrogen and oxygen atoms in total. The Bertz CT molecular complexity index is 540. The topological polar surface area (TPSA) is 58.2 Å². The van der Waals surface area contributed by atoms with Crippen LogP contribution in [0, 0.1) is 11.8 Å². The van der Waals surface area contributed by atoms with Gasteiger partial charge in [0.15, 0.2) is 0 Å². The minimum Gasteiger partial charge on any atom is -0.356 e. The van der Waals surface area contributed by atoms with Gasteiger partial charge in [-0.05, 0) is 50.3 Å². The summed E-state index contributed by atoms with van der Waals surface area (Å²) in [6.07, 6.45) is 5.28. The van der Waals surface area contributed by atoms with Gasteiger partial charge in [0.25, 0.3) is 0 Å². The fourth-order valence-corrected chi connectivity index (χ4v) is 3.36. The molecule has 0 aliphatic heterocycles. The van der Waals surface area contributed by atoms with Crippen LogP contribution >= 0.6 is 15.9 Å². The molecule has 0 aromatic heterocycles. The minimum atomic E-state index is 0.00803. The van der Waals surface area contributed by atoms with Gasteiger partial charge in [-0.25, -0.2) is 0 Å². The number of amides is 2. The summed E-state index contributed by atoms with van der Waals surface area (Å²) in [5.41, 5.74) is 0.809. The lowest BCUT2D eigenvalue weighted by molar-refractivity contribution is -0.128. The van der Waals surface area contributed by atoms with Gasteiger partial charge in [0.1, 0.15) is 0 Å². The quantitative estimate of drug-likeness (QED) is 0.729. The van der Waals surface area contributed by atoms with Crippen molar-refractivity contribution < 1.29 is 9.59 Å². The van der Waals surface area contributed by atoms with E-state index in [1.807, 2.05) is 24.3 Å². The molecule has 1 aromatic carbocycles. The fraction of sp³-hybridized carbons (Fsp3) is 0.556. The van der Waals surface area contributed by atoms with Crippen molar-refractivity contribution in [1.82, 2.24) is 5.32 Å². The molecule has 5 heteroatoms. The van der Waals surface area contributed by atoms with Gasteiger partial charge in [-0.2, -0.15) is 0 Å². The number of unbranched alkanes of at least 4 members (excludes halogenated alkanes) is 1. The Morgan fingerprint density at radius 3 is 2.39 bits per heavy atom. The summed E-state index contributed by atoms with van der Waals surface area (Å²) in [6.45, 7) is 2.87. The third kappa shape index (κ3) is 5.65. The van der Waals surface area contributed by atoms with Crippen molar-refractivity contribution in [2.75, 3.05) is 11.9 Å². The van der Waals surface area contributed by atoms with Gasteiger partial charge < -0.3 is 10.6 Å². The zero-order valence-electron chi connectivity index (χ0n) is 13.6. The van der Waals surface area contributed by atoms with Crippen molar-refractivity contribution in [3.63, 3.8) is 0 Å². The van der Waals surface area contributed by atoms with Crippen molar-refractivity contribution in [3.05, 3.63) is 28.7 Å². The van der Waals surface area contributed by atoms with Crippen molar-refractivity contribution in [2.45, 2.75) is 45.4 Å². The average molecular weight is 381 g/mol. The summed E-state index contributed by atoms with van der Waals surface area (Å²) >= 11 is 3.40. The summed E-state index contributed by atoms with van der Waals surface area (Å²) in [5.74, 6) is 0.299. The smallest absolute Gasteiger partial charge is 0.227 e. The molecule has 1 aromatic rings. The van der Waals surface area contributed by atoms with Gasteiger partial charge in [0, 0.05) is 28.5 Å². The summed E-state index contributed by atoms with van der Waals surface area (Å²) in [5, 5.41) is 5.97. The number of carbonyl (C=O) groups is 2. The third-order valence-corrected chi connectivity index (χ3v) is 4.88. The standard InChI is InChI=1S/C18H25BrN2O2/c1-2-3-11-20-17(22)13-7-9-14(10-8-13)18(23)21-16-6-4-5-15(19)12-16/h4-6,12-14H,2-3,7-11H2,1H3,(H,20,22)(H,21,23). The fourth-order valence-electron chi connectivity index (χ4n) is 2.96. The molecule has 0 heterocycles. The van der Waals surface area contributed by atoms with E-state index in [2.05, 4.69) is 33.5 Å². The first-order valence-electron chi connectivity index (χ1n) is 8.44. The number of anilines is 1. The molecule has 1 fully saturated rings. The molecular formula is C18H25BrN2O2. The molecular weight excluding hydrogens is 356 g/mol. The minimum absolute atomic E-state index is 0.00803. The molecule has 0 unspecified atom stereocenters. The van der Waals surface area contributed by atoms with Gasteiger partial charge >= 0.3 is 0 Å². The summed E-state index contributed by atoms with van der Waals surface area (Å²) in [6, 6.07) is 7.61. The van der Waals surface area contributed by atoms with E-state index in [4.69, 9.17) is 0 Å². The lowest BCUT2D eigenvalue weighted by atomic mass is 9.81. The van der Waals surface area contributed by atoms with Crippen LogP contribution in [0.5, 0.6) is 0 Å². The maximum absolute atomic E-state index is 12.3. The maximum atomic E-state index is 12.3. The first-order chi connectivity index (χ1) is 11.1. The molecule has 2 rings (SSSR count). The van der Waals surface area contributed by atoms with Crippen molar-refractivity contribution in [1.29, 1.82) is 0 Å². The van der Waals surface area contributed by atoms with Gasteiger partial charge in [0.05, 0.1) is 0 Å². The molecule has 0 bridgehead atoms. The third-order valence-electron chi connectivity index (χ3n) is 4.39. The van der Waals surface area contributed by atoms with Crippen LogP contribution in [0.2, 0.25) is 0 Å². The maximum Gasteiger partial charge on any atom is 0.227 e. The molecule has 2 amide bonds. The molecule has 0 saturated heterocycles. The van der Waals surface area contributed by atoms with E-state index >= 15 is 0 Å². The van der Waals surface area contributed by atoms with Crippen LogP contribution in [-0.2, 0) is 9.59 Å². The van der Waals surface area contributed by atoms with E-state index in [0.29, 0.717) is 0 Å². The monoisotopic (exact) mass is 380 g/mol. The van der Waals surface area contributed by atoms with Crippen LogP contribution < -0.4 is 10.6 Å². The predicted molar refractivity (Wildman–Crippen MR) is 96.1 cm³/mol.